The van der Waals surface area contributed by atoms with Crippen LogP contribution in [-0.2, 0) is 0 Å². The van der Waals surface area contributed by atoms with Gasteiger partial charge in [-0.15, -0.1) is 0 Å². The van der Waals surface area contributed by atoms with Crippen LogP contribution in [0.1, 0.15) is 23.4 Å². The van der Waals surface area contributed by atoms with E-state index in [-0.39, 0.29) is 10.9 Å². The summed E-state index contributed by atoms with van der Waals surface area (Å²) in [6.07, 6.45) is 2.23. The number of nitrogens with zero attached hydrogens (tertiary/aromatic N) is 1. The van der Waals surface area contributed by atoms with Crippen molar-refractivity contribution in [2.75, 3.05) is 23.3 Å². The number of para-hydroxylation sites is 1. The van der Waals surface area contributed by atoms with Crippen LogP contribution in [0.15, 0.2) is 52.9 Å². The Labute approximate surface area is 200 Å². The van der Waals surface area contributed by atoms with Gasteiger partial charge in [-0.1, -0.05) is 40.9 Å². The van der Waals surface area contributed by atoms with Gasteiger partial charge >= 0.3 is 0 Å². The van der Waals surface area contributed by atoms with Crippen molar-refractivity contribution in [3.8, 4) is 11.3 Å². The molecular weight excluding hydrogens is 477 g/mol. The molecule has 0 aliphatic carbocycles. The predicted octanol–water partition coefficient (Wildman–Crippen LogP) is 6.63. The Morgan fingerprint density at radius 1 is 0.968 bits per heavy atom. The van der Waals surface area contributed by atoms with Gasteiger partial charge in [-0.25, -0.2) is 0 Å². The van der Waals surface area contributed by atoms with Crippen LogP contribution in [-0.4, -0.2) is 24.1 Å². The van der Waals surface area contributed by atoms with Gasteiger partial charge in [0.1, 0.15) is 5.76 Å². The molecule has 0 bridgehead atoms. The molecule has 0 atom stereocenters. The summed E-state index contributed by atoms with van der Waals surface area (Å²) < 4.78 is 5.67. The number of furan rings is 1. The summed E-state index contributed by atoms with van der Waals surface area (Å²) in [4.78, 5) is 14.8. The lowest BCUT2D eigenvalue weighted by Gasteiger charge is -2.23. The third kappa shape index (κ3) is 4.99. The quantitative estimate of drug-likeness (QED) is 0.398. The third-order valence-electron chi connectivity index (χ3n) is 4.92. The number of thiocarbonyl (C=S) groups is 1. The monoisotopic (exact) mass is 493 g/mol. The number of carbonyl (C=O) groups is 1. The number of hydrogen-bond donors (Lipinski definition) is 2. The zero-order chi connectivity index (χ0) is 22.0. The summed E-state index contributed by atoms with van der Waals surface area (Å²) in [6, 6.07) is 13.9. The number of nitrogens with one attached hydrogen (secondary N) is 2. The molecule has 2 aromatic carbocycles. The van der Waals surface area contributed by atoms with Gasteiger partial charge in [0.2, 0.25) is 0 Å². The van der Waals surface area contributed by atoms with E-state index in [0.717, 1.165) is 37.3 Å². The molecular formula is C22H18Cl3N3O2S. The first-order valence-corrected chi connectivity index (χ1v) is 11.2. The molecule has 0 saturated carbocycles. The molecule has 1 fully saturated rings. The number of halogens is 3. The average molecular weight is 495 g/mol. The zero-order valence-corrected chi connectivity index (χ0v) is 19.3. The minimum atomic E-state index is -0.464. The van der Waals surface area contributed by atoms with Crippen molar-refractivity contribution in [1.82, 2.24) is 5.32 Å². The lowest BCUT2D eigenvalue weighted by molar-refractivity contribution is 0.0951. The smallest absolute Gasteiger partial charge is 0.293 e. The van der Waals surface area contributed by atoms with Crippen LogP contribution < -0.4 is 15.5 Å². The minimum Gasteiger partial charge on any atom is -0.451 e. The minimum absolute atomic E-state index is 0.121. The summed E-state index contributed by atoms with van der Waals surface area (Å²) in [5.74, 6) is 0.151. The van der Waals surface area contributed by atoms with E-state index in [2.05, 4.69) is 15.5 Å². The Kier molecular flexibility index (Phi) is 6.72. The van der Waals surface area contributed by atoms with Crippen molar-refractivity contribution in [3.05, 3.63) is 69.4 Å². The summed E-state index contributed by atoms with van der Waals surface area (Å²) >= 11 is 23.8. The molecule has 0 spiro atoms. The fourth-order valence-corrected chi connectivity index (χ4v) is 4.26. The van der Waals surface area contributed by atoms with Crippen molar-refractivity contribution >= 4 is 69.4 Å². The Morgan fingerprint density at radius 3 is 2.48 bits per heavy atom. The second kappa shape index (κ2) is 9.49. The van der Waals surface area contributed by atoms with Gasteiger partial charge in [-0.05, 0) is 67.5 Å². The number of hydrogen-bond acceptors (Lipinski definition) is 4. The number of anilines is 2. The van der Waals surface area contributed by atoms with Gasteiger partial charge in [-0.3, -0.25) is 10.1 Å². The fraction of sp³-hybridized carbons (Fsp3) is 0.182. The lowest BCUT2D eigenvalue weighted by atomic mass is 10.2. The van der Waals surface area contributed by atoms with E-state index in [1.807, 2.05) is 18.2 Å². The fourth-order valence-electron chi connectivity index (χ4n) is 3.46. The van der Waals surface area contributed by atoms with Crippen LogP contribution in [0, 0.1) is 0 Å². The molecule has 0 radical (unpaired) electrons. The second-order valence-electron chi connectivity index (χ2n) is 7.03. The average Bonchev–Trinajstić information content (AvgIpc) is 3.42. The molecule has 31 heavy (non-hydrogen) atoms. The summed E-state index contributed by atoms with van der Waals surface area (Å²) in [5.41, 5.74) is 2.34. The van der Waals surface area contributed by atoms with Crippen molar-refractivity contribution in [1.29, 1.82) is 0 Å². The van der Waals surface area contributed by atoms with Crippen molar-refractivity contribution in [2.45, 2.75) is 12.8 Å². The molecule has 4 rings (SSSR count). The van der Waals surface area contributed by atoms with Crippen molar-refractivity contribution < 1.29 is 9.21 Å². The lowest BCUT2D eigenvalue weighted by Crippen LogP contribution is -2.34. The van der Waals surface area contributed by atoms with E-state index in [1.54, 1.807) is 30.3 Å². The highest BCUT2D eigenvalue weighted by atomic mass is 35.5. The topological polar surface area (TPSA) is 57.5 Å². The Morgan fingerprint density at radius 2 is 1.74 bits per heavy atom. The number of amides is 1. The third-order valence-corrected chi connectivity index (χ3v) is 6.17. The molecule has 5 nitrogen and oxygen atoms in total. The number of benzene rings is 2. The summed E-state index contributed by atoms with van der Waals surface area (Å²) in [7, 11) is 0. The van der Waals surface area contributed by atoms with Gasteiger partial charge in [-0.2, -0.15) is 0 Å². The predicted molar refractivity (Wildman–Crippen MR) is 131 cm³/mol. The molecule has 1 saturated heterocycles. The van der Waals surface area contributed by atoms with E-state index in [9.17, 15) is 4.79 Å². The van der Waals surface area contributed by atoms with Crippen molar-refractivity contribution in [2.24, 2.45) is 0 Å². The second-order valence-corrected chi connectivity index (χ2v) is 8.66. The molecule has 2 N–H and O–H groups in total. The highest BCUT2D eigenvalue weighted by Gasteiger charge is 2.20. The maximum Gasteiger partial charge on any atom is 0.293 e. The largest absolute Gasteiger partial charge is 0.451 e. The van der Waals surface area contributed by atoms with Crippen molar-refractivity contribution in [3.63, 3.8) is 0 Å². The standard InChI is InChI=1S/C22H18Cl3N3O2S/c23-14-7-6-13(12-16(14)25)18-8-9-19(30-18)21(29)27-22(31)26-17-5-3-4-15(24)20(17)28-10-1-2-11-28/h3-9,12H,1-2,10-11H2,(H2,26,27,29,31). The van der Waals surface area contributed by atoms with E-state index in [4.69, 9.17) is 51.4 Å². The van der Waals surface area contributed by atoms with Gasteiger partial charge < -0.3 is 14.6 Å². The maximum absolute atomic E-state index is 12.6. The van der Waals surface area contributed by atoms with Crippen LogP contribution >= 0.6 is 47.0 Å². The number of carbonyl (C=O) groups excluding carboxylic acids is 1. The normalized spacial score (nSPS) is 13.3. The molecule has 9 heteroatoms. The first kappa shape index (κ1) is 22.0. The molecule has 2 heterocycles. The first-order valence-electron chi connectivity index (χ1n) is 9.63. The Balaban J connectivity index is 1.45. The molecule has 1 aromatic heterocycles. The first-order chi connectivity index (χ1) is 14.9. The van der Waals surface area contributed by atoms with Gasteiger partial charge in [0.15, 0.2) is 10.9 Å². The Bertz CT molecular complexity index is 1140. The van der Waals surface area contributed by atoms with Crippen LogP contribution in [0.3, 0.4) is 0 Å². The van der Waals surface area contributed by atoms with E-state index in [1.165, 1.54) is 0 Å². The highest BCUT2D eigenvalue weighted by molar-refractivity contribution is 7.80. The SMILES string of the molecule is O=C(NC(=S)Nc1cccc(Cl)c1N1CCCC1)c1ccc(-c2ccc(Cl)c(Cl)c2)o1. The summed E-state index contributed by atoms with van der Waals surface area (Å²) in [6.45, 7) is 1.86. The number of rotatable bonds is 4. The molecule has 0 unspecified atom stereocenters. The molecule has 3 aromatic rings. The van der Waals surface area contributed by atoms with E-state index in [0.29, 0.717) is 26.4 Å². The van der Waals surface area contributed by atoms with Crippen LogP contribution in [0.2, 0.25) is 15.1 Å². The zero-order valence-electron chi connectivity index (χ0n) is 16.3. The Hall–Kier alpha value is -2.25. The molecule has 1 aliphatic rings. The highest BCUT2D eigenvalue weighted by Crippen LogP contribution is 2.36. The van der Waals surface area contributed by atoms with Crippen LogP contribution in [0.5, 0.6) is 0 Å². The van der Waals surface area contributed by atoms with Gasteiger partial charge in [0, 0.05) is 18.7 Å². The molecule has 1 amide bonds. The van der Waals surface area contributed by atoms with Crippen LogP contribution in [0.25, 0.3) is 11.3 Å². The van der Waals surface area contributed by atoms with Crippen LogP contribution in [0.4, 0.5) is 11.4 Å². The summed E-state index contributed by atoms with van der Waals surface area (Å²) in [5, 5.41) is 7.37. The van der Waals surface area contributed by atoms with E-state index < -0.39 is 5.91 Å². The molecule has 160 valence electrons. The van der Waals surface area contributed by atoms with Gasteiger partial charge in [0.05, 0.1) is 26.4 Å². The molecule has 1 aliphatic heterocycles. The van der Waals surface area contributed by atoms with Gasteiger partial charge in [0.25, 0.3) is 5.91 Å². The van der Waals surface area contributed by atoms with E-state index >= 15 is 0 Å². The maximum atomic E-state index is 12.6.